The van der Waals surface area contributed by atoms with Gasteiger partial charge in [0.05, 0.1) is 11.3 Å². The first-order valence-corrected chi connectivity index (χ1v) is 11.3. The number of amides is 1. The fourth-order valence-electron chi connectivity index (χ4n) is 3.38. The number of piperidine rings is 1. The highest BCUT2D eigenvalue weighted by Crippen LogP contribution is 2.21. The maximum atomic E-state index is 12.7. The molecule has 0 radical (unpaired) electrons. The van der Waals surface area contributed by atoms with Crippen molar-refractivity contribution in [1.82, 2.24) is 4.31 Å². The number of anilines is 1. The Morgan fingerprint density at radius 1 is 0.964 bits per heavy atom. The lowest BCUT2D eigenvalue weighted by Gasteiger charge is -2.25. The van der Waals surface area contributed by atoms with Gasteiger partial charge in [0.2, 0.25) is 15.9 Å². The number of hydrogen-bond acceptors (Lipinski definition) is 3. The zero-order chi connectivity index (χ0) is 20.1. The molecular formula is C22H28N2O3S. The van der Waals surface area contributed by atoms with Gasteiger partial charge in [0.25, 0.3) is 0 Å². The van der Waals surface area contributed by atoms with Crippen molar-refractivity contribution in [3.05, 3.63) is 59.7 Å². The number of nitrogens with one attached hydrogen (secondary N) is 1. The molecule has 0 saturated carbocycles. The van der Waals surface area contributed by atoms with Gasteiger partial charge in [-0.1, -0.05) is 44.5 Å². The molecule has 6 heteroatoms. The molecule has 1 aliphatic rings. The summed E-state index contributed by atoms with van der Waals surface area (Å²) >= 11 is 0. The van der Waals surface area contributed by atoms with Crippen LogP contribution in [0.1, 0.15) is 50.2 Å². The van der Waals surface area contributed by atoms with E-state index < -0.39 is 10.0 Å². The molecule has 0 bridgehead atoms. The van der Waals surface area contributed by atoms with Crippen LogP contribution in [0.2, 0.25) is 0 Å². The van der Waals surface area contributed by atoms with Crippen molar-refractivity contribution >= 4 is 21.6 Å². The molecule has 1 aliphatic heterocycles. The minimum Gasteiger partial charge on any atom is -0.326 e. The van der Waals surface area contributed by atoms with E-state index in [9.17, 15) is 13.2 Å². The Morgan fingerprint density at radius 2 is 1.57 bits per heavy atom. The summed E-state index contributed by atoms with van der Waals surface area (Å²) in [5.74, 6) is 0.327. The molecule has 0 aromatic heterocycles. The van der Waals surface area contributed by atoms with Crippen molar-refractivity contribution in [3.63, 3.8) is 0 Å². The van der Waals surface area contributed by atoms with Crippen LogP contribution >= 0.6 is 0 Å². The molecule has 150 valence electrons. The summed E-state index contributed by atoms with van der Waals surface area (Å²) in [6.45, 7) is 5.43. The summed E-state index contributed by atoms with van der Waals surface area (Å²) in [6.07, 6.45) is 3.11. The Labute approximate surface area is 167 Å². The summed E-state index contributed by atoms with van der Waals surface area (Å²) < 4.78 is 26.9. The van der Waals surface area contributed by atoms with E-state index in [0.29, 0.717) is 23.9 Å². The highest BCUT2D eigenvalue weighted by molar-refractivity contribution is 7.89. The summed E-state index contributed by atoms with van der Waals surface area (Å²) in [7, 11) is -3.43. The molecule has 1 heterocycles. The molecule has 3 rings (SSSR count). The van der Waals surface area contributed by atoms with Crippen molar-refractivity contribution in [3.8, 4) is 0 Å². The fraction of sp³-hybridized carbons (Fsp3) is 0.409. The van der Waals surface area contributed by atoms with Crippen molar-refractivity contribution in [1.29, 1.82) is 0 Å². The van der Waals surface area contributed by atoms with Crippen molar-refractivity contribution in [2.24, 2.45) is 0 Å². The molecular weight excluding hydrogens is 372 g/mol. The van der Waals surface area contributed by atoms with E-state index in [-0.39, 0.29) is 12.3 Å². The predicted octanol–water partition coefficient (Wildman–Crippen LogP) is 4.17. The van der Waals surface area contributed by atoms with Crippen LogP contribution in [-0.2, 0) is 21.2 Å². The second-order valence-corrected chi connectivity index (χ2v) is 9.55. The Bertz CT molecular complexity index is 898. The maximum Gasteiger partial charge on any atom is 0.243 e. The van der Waals surface area contributed by atoms with Crippen molar-refractivity contribution < 1.29 is 13.2 Å². The zero-order valence-corrected chi connectivity index (χ0v) is 17.3. The van der Waals surface area contributed by atoms with Gasteiger partial charge in [0, 0.05) is 18.8 Å². The maximum absolute atomic E-state index is 12.7. The van der Waals surface area contributed by atoms with Gasteiger partial charge in [-0.3, -0.25) is 4.79 Å². The predicted molar refractivity (Wildman–Crippen MR) is 112 cm³/mol. The van der Waals surface area contributed by atoms with E-state index in [2.05, 4.69) is 19.2 Å². The number of carbonyl (C=O) groups excluding carboxylic acids is 1. The van der Waals surface area contributed by atoms with Crippen LogP contribution in [0.4, 0.5) is 5.69 Å². The average molecular weight is 401 g/mol. The summed E-state index contributed by atoms with van der Waals surface area (Å²) in [6, 6.07) is 14.5. The van der Waals surface area contributed by atoms with Crippen LogP contribution < -0.4 is 5.32 Å². The normalized spacial score (nSPS) is 15.5. The van der Waals surface area contributed by atoms with Crippen LogP contribution in [0.3, 0.4) is 0 Å². The molecule has 1 N–H and O–H groups in total. The quantitative estimate of drug-likeness (QED) is 0.791. The lowest BCUT2D eigenvalue weighted by molar-refractivity contribution is -0.115. The zero-order valence-electron chi connectivity index (χ0n) is 16.5. The molecule has 0 unspecified atom stereocenters. The fourth-order valence-corrected chi connectivity index (χ4v) is 4.89. The number of benzene rings is 2. The SMILES string of the molecule is CC(C)c1ccc(NC(=O)Cc2ccc(S(=O)(=O)N3CCCCC3)cc2)cc1. The van der Waals surface area contributed by atoms with E-state index in [1.807, 2.05) is 24.3 Å². The minimum atomic E-state index is -3.43. The average Bonchev–Trinajstić information content (AvgIpc) is 2.69. The second kappa shape index (κ2) is 8.88. The first kappa shape index (κ1) is 20.6. The second-order valence-electron chi connectivity index (χ2n) is 7.61. The summed E-state index contributed by atoms with van der Waals surface area (Å²) in [5.41, 5.74) is 2.77. The topological polar surface area (TPSA) is 66.5 Å². The van der Waals surface area contributed by atoms with E-state index in [1.54, 1.807) is 28.6 Å². The molecule has 28 heavy (non-hydrogen) atoms. The standard InChI is InChI=1S/C22H28N2O3S/c1-17(2)19-8-10-20(11-9-19)23-22(25)16-18-6-12-21(13-7-18)28(26,27)24-14-4-3-5-15-24/h6-13,17H,3-5,14-16H2,1-2H3,(H,23,25). The molecule has 1 saturated heterocycles. The van der Waals surface area contributed by atoms with Crippen LogP contribution in [0.25, 0.3) is 0 Å². The van der Waals surface area contributed by atoms with Gasteiger partial charge >= 0.3 is 0 Å². The van der Waals surface area contributed by atoms with Gasteiger partial charge in [-0.25, -0.2) is 8.42 Å². The molecule has 1 amide bonds. The molecule has 1 fully saturated rings. The van der Waals surface area contributed by atoms with Crippen LogP contribution in [-0.4, -0.2) is 31.7 Å². The lowest BCUT2D eigenvalue weighted by atomic mass is 10.0. The Hall–Kier alpha value is -2.18. The van der Waals surface area contributed by atoms with Crippen molar-refractivity contribution in [2.75, 3.05) is 18.4 Å². The monoisotopic (exact) mass is 400 g/mol. The van der Waals surface area contributed by atoms with E-state index in [1.165, 1.54) is 5.56 Å². The third-order valence-electron chi connectivity index (χ3n) is 5.10. The van der Waals surface area contributed by atoms with Crippen LogP contribution in [0, 0.1) is 0 Å². The summed E-state index contributed by atoms with van der Waals surface area (Å²) in [4.78, 5) is 12.6. The largest absolute Gasteiger partial charge is 0.326 e. The summed E-state index contributed by atoms with van der Waals surface area (Å²) in [5, 5.41) is 2.89. The molecule has 0 atom stereocenters. The van der Waals surface area contributed by atoms with Crippen molar-refractivity contribution in [2.45, 2.75) is 50.3 Å². The number of hydrogen-bond donors (Lipinski definition) is 1. The van der Waals surface area contributed by atoms with Gasteiger partial charge in [0.15, 0.2) is 0 Å². The number of nitrogens with zero attached hydrogens (tertiary/aromatic N) is 1. The lowest BCUT2D eigenvalue weighted by Crippen LogP contribution is -2.35. The first-order valence-electron chi connectivity index (χ1n) is 9.85. The molecule has 2 aromatic carbocycles. The van der Waals surface area contributed by atoms with Gasteiger partial charge in [-0.15, -0.1) is 0 Å². The van der Waals surface area contributed by atoms with Gasteiger partial charge in [-0.2, -0.15) is 4.31 Å². The van der Waals surface area contributed by atoms with Gasteiger partial charge in [0.1, 0.15) is 0 Å². The highest BCUT2D eigenvalue weighted by atomic mass is 32.2. The molecule has 0 aliphatic carbocycles. The smallest absolute Gasteiger partial charge is 0.243 e. The van der Waals surface area contributed by atoms with Crippen LogP contribution in [0.15, 0.2) is 53.4 Å². The third kappa shape index (κ3) is 5.00. The molecule has 5 nitrogen and oxygen atoms in total. The third-order valence-corrected chi connectivity index (χ3v) is 7.01. The van der Waals surface area contributed by atoms with Crippen LogP contribution in [0.5, 0.6) is 0 Å². The van der Waals surface area contributed by atoms with E-state index in [0.717, 1.165) is 30.5 Å². The van der Waals surface area contributed by atoms with Gasteiger partial charge < -0.3 is 5.32 Å². The highest BCUT2D eigenvalue weighted by Gasteiger charge is 2.25. The minimum absolute atomic E-state index is 0.121. The first-order chi connectivity index (χ1) is 13.4. The number of sulfonamides is 1. The Kier molecular flexibility index (Phi) is 6.52. The number of rotatable bonds is 6. The Balaban J connectivity index is 1.61. The molecule has 2 aromatic rings. The number of carbonyl (C=O) groups is 1. The Morgan fingerprint density at radius 3 is 2.14 bits per heavy atom. The van der Waals surface area contributed by atoms with Gasteiger partial charge in [-0.05, 0) is 54.2 Å². The van der Waals surface area contributed by atoms with E-state index >= 15 is 0 Å². The molecule has 0 spiro atoms. The van der Waals surface area contributed by atoms with E-state index in [4.69, 9.17) is 0 Å².